The number of rotatable bonds is 5. The Hall–Kier alpha value is -1.95. The molecule has 0 aliphatic carbocycles. The van der Waals surface area contributed by atoms with Crippen molar-refractivity contribution in [3.63, 3.8) is 0 Å². The summed E-state index contributed by atoms with van der Waals surface area (Å²) in [6, 6.07) is 1.70. The highest BCUT2D eigenvalue weighted by Crippen LogP contribution is 2.17. The fraction of sp³-hybridized carbons (Fsp3) is 0.308. The van der Waals surface area contributed by atoms with Crippen LogP contribution in [0.4, 0.5) is 5.69 Å². The van der Waals surface area contributed by atoms with Crippen LogP contribution in [0.5, 0.6) is 0 Å². The van der Waals surface area contributed by atoms with Gasteiger partial charge in [-0.3, -0.25) is 9.78 Å². The average Bonchev–Trinajstić information content (AvgIpc) is 2.98. The zero-order valence-electron chi connectivity index (χ0n) is 10.9. The number of pyridine rings is 1. The number of hydrogen-bond acceptors (Lipinski definition) is 5. The van der Waals surface area contributed by atoms with E-state index in [0.717, 1.165) is 10.7 Å². The van der Waals surface area contributed by atoms with Crippen LogP contribution in [0, 0.1) is 0 Å². The summed E-state index contributed by atoms with van der Waals surface area (Å²) in [6.07, 6.45) is 5.03. The quantitative estimate of drug-likeness (QED) is 0.877. The predicted octanol–water partition coefficient (Wildman–Crippen LogP) is 2.11. The van der Waals surface area contributed by atoms with Gasteiger partial charge in [-0.2, -0.15) is 0 Å². The molecule has 0 spiro atoms. The van der Waals surface area contributed by atoms with Gasteiger partial charge in [-0.05, 0) is 6.07 Å². The van der Waals surface area contributed by atoms with Crippen molar-refractivity contribution in [3.05, 3.63) is 40.6 Å². The molecular formula is C13H16N4OS. The van der Waals surface area contributed by atoms with Crippen molar-refractivity contribution in [2.45, 2.75) is 12.8 Å². The Morgan fingerprint density at radius 2 is 2.32 bits per heavy atom. The largest absolute Gasteiger partial charge is 0.386 e. The van der Waals surface area contributed by atoms with Crippen LogP contribution in [0.15, 0.2) is 30.0 Å². The third-order valence-corrected chi connectivity index (χ3v) is 3.78. The van der Waals surface area contributed by atoms with Crippen molar-refractivity contribution in [1.29, 1.82) is 0 Å². The molecular weight excluding hydrogens is 260 g/mol. The van der Waals surface area contributed by atoms with E-state index in [-0.39, 0.29) is 11.8 Å². The van der Waals surface area contributed by atoms with Crippen LogP contribution in [0.2, 0.25) is 0 Å². The molecule has 0 fully saturated rings. The smallest absolute Gasteiger partial charge is 0.253 e. The number of thiazole rings is 1. The molecule has 1 amide bonds. The molecule has 19 heavy (non-hydrogen) atoms. The zero-order valence-corrected chi connectivity index (χ0v) is 11.7. The zero-order chi connectivity index (χ0) is 13.7. The summed E-state index contributed by atoms with van der Waals surface area (Å²) in [5.74, 6) is 0.110. The molecule has 0 aliphatic heterocycles. The SMILES string of the molecule is CNc1cnccc1C(=O)NCC(C)c1nccs1. The van der Waals surface area contributed by atoms with Gasteiger partial charge in [0.05, 0.1) is 22.5 Å². The lowest BCUT2D eigenvalue weighted by Crippen LogP contribution is -2.28. The average molecular weight is 276 g/mol. The molecule has 0 saturated carbocycles. The van der Waals surface area contributed by atoms with Crippen LogP contribution in [0.25, 0.3) is 0 Å². The van der Waals surface area contributed by atoms with Crippen molar-refractivity contribution in [2.75, 3.05) is 18.9 Å². The third-order valence-electron chi connectivity index (χ3n) is 2.78. The predicted molar refractivity (Wildman–Crippen MR) is 76.6 cm³/mol. The standard InChI is InChI=1S/C13H16N4OS/c1-9(13-16-5-6-19-13)7-17-12(18)10-3-4-15-8-11(10)14-2/h3-6,8-9,14H,7H2,1-2H3,(H,17,18). The number of hydrogen-bond donors (Lipinski definition) is 2. The van der Waals surface area contributed by atoms with Gasteiger partial charge < -0.3 is 10.6 Å². The third kappa shape index (κ3) is 3.29. The first kappa shape index (κ1) is 13.5. The topological polar surface area (TPSA) is 66.9 Å². The highest BCUT2D eigenvalue weighted by atomic mass is 32.1. The minimum absolute atomic E-state index is 0.102. The number of nitrogens with zero attached hydrogens (tertiary/aromatic N) is 2. The summed E-state index contributed by atoms with van der Waals surface area (Å²) in [5, 5.41) is 8.85. The van der Waals surface area contributed by atoms with E-state index in [1.165, 1.54) is 0 Å². The van der Waals surface area contributed by atoms with Crippen molar-refractivity contribution in [3.8, 4) is 0 Å². The first-order chi connectivity index (χ1) is 9.22. The van der Waals surface area contributed by atoms with Crippen LogP contribution < -0.4 is 10.6 Å². The minimum atomic E-state index is -0.102. The van der Waals surface area contributed by atoms with Gasteiger partial charge in [0.25, 0.3) is 5.91 Å². The summed E-state index contributed by atoms with van der Waals surface area (Å²) in [6.45, 7) is 2.61. The molecule has 0 aromatic carbocycles. The second kappa shape index (κ2) is 6.29. The number of amides is 1. The first-order valence-electron chi connectivity index (χ1n) is 6.01. The molecule has 1 unspecified atom stereocenters. The van der Waals surface area contributed by atoms with Crippen LogP contribution in [-0.4, -0.2) is 29.5 Å². The van der Waals surface area contributed by atoms with E-state index in [1.54, 1.807) is 43.0 Å². The Bertz CT molecular complexity index is 541. The molecule has 2 N–H and O–H groups in total. The molecule has 1 atom stereocenters. The van der Waals surface area contributed by atoms with Crippen LogP contribution in [-0.2, 0) is 0 Å². The Balaban J connectivity index is 1.98. The van der Waals surface area contributed by atoms with Gasteiger partial charge in [-0.1, -0.05) is 6.92 Å². The number of carbonyl (C=O) groups is 1. The van der Waals surface area contributed by atoms with Crippen molar-refractivity contribution in [2.24, 2.45) is 0 Å². The number of nitrogens with one attached hydrogen (secondary N) is 2. The molecule has 0 bridgehead atoms. The van der Waals surface area contributed by atoms with E-state index in [4.69, 9.17) is 0 Å². The van der Waals surface area contributed by atoms with Gasteiger partial charge in [-0.25, -0.2) is 4.98 Å². The van der Waals surface area contributed by atoms with Gasteiger partial charge in [-0.15, -0.1) is 11.3 Å². The summed E-state index contributed by atoms with van der Waals surface area (Å²) in [7, 11) is 1.77. The summed E-state index contributed by atoms with van der Waals surface area (Å²) in [5.41, 5.74) is 1.32. The van der Waals surface area contributed by atoms with E-state index < -0.39 is 0 Å². The van der Waals surface area contributed by atoms with E-state index in [1.807, 2.05) is 12.3 Å². The molecule has 0 aliphatic rings. The molecule has 5 nitrogen and oxygen atoms in total. The van der Waals surface area contributed by atoms with E-state index in [2.05, 4.69) is 20.6 Å². The van der Waals surface area contributed by atoms with Gasteiger partial charge in [0, 0.05) is 37.3 Å². The molecule has 2 aromatic heterocycles. The molecule has 2 aromatic rings. The van der Waals surface area contributed by atoms with Gasteiger partial charge in [0.2, 0.25) is 0 Å². The molecule has 0 saturated heterocycles. The van der Waals surface area contributed by atoms with E-state index >= 15 is 0 Å². The highest BCUT2D eigenvalue weighted by molar-refractivity contribution is 7.09. The molecule has 2 rings (SSSR count). The van der Waals surface area contributed by atoms with Gasteiger partial charge in [0.1, 0.15) is 0 Å². The van der Waals surface area contributed by atoms with Crippen molar-refractivity contribution >= 4 is 22.9 Å². The maximum absolute atomic E-state index is 12.1. The van der Waals surface area contributed by atoms with Gasteiger partial charge in [0.15, 0.2) is 0 Å². The summed E-state index contributed by atoms with van der Waals surface area (Å²) < 4.78 is 0. The Labute approximate surface area is 116 Å². The first-order valence-corrected chi connectivity index (χ1v) is 6.89. The Morgan fingerprint density at radius 3 is 3.00 bits per heavy atom. The fourth-order valence-corrected chi connectivity index (χ4v) is 2.40. The maximum Gasteiger partial charge on any atom is 0.253 e. The number of carbonyl (C=O) groups excluding carboxylic acids is 1. The van der Waals surface area contributed by atoms with E-state index in [0.29, 0.717) is 12.1 Å². The van der Waals surface area contributed by atoms with E-state index in [9.17, 15) is 4.79 Å². The Kier molecular flexibility index (Phi) is 4.46. The molecule has 6 heteroatoms. The lowest BCUT2D eigenvalue weighted by Gasteiger charge is -2.12. The van der Waals surface area contributed by atoms with Crippen LogP contribution in [0.3, 0.4) is 0 Å². The molecule has 0 radical (unpaired) electrons. The molecule has 2 heterocycles. The normalized spacial score (nSPS) is 11.9. The summed E-state index contributed by atoms with van der Waals surface area (Å²) >= 11 is 1.60. The Morgan fingerprint density at radius 1 is 1.47 bits per heavy atom. The fourth-order valence-electron chi connectivity index (χ4n) is 1.70. The number of anilines is 1. The molecule has 100 valence electrons. The lowest BCUT2D eigenvalue weighted by atomic mass is 10.1. The minimum Gasteiger partial charge on any atom is -0.386 e. The van der Waals surface area contributed by atoms with Gasteiger partial charge >= 0.3 is 0 Å². The second-order valence-corrected chi connectivity index (χ2v) is 5.08. The highest BCUT2D eigenvalue weighted by Gasteiger charge is 2.13. The lowest BCUT2D eigenvalue weighted by molar-refractivity contribution is 0.0952. The van der Waals surface area contributed by atoms with Crippen LogP contribution >= 0.6 is 11.3 Å². The van der Waals surface area contributed by atoms with Crippen molar-refractivity contribution < 1.29 is 4.79 Å². The van der Waals surface area contributed by atoms with Crippen molar-refractivity contribution in [1.82, 2.24) is 15.3 Å². The number of aromatic nitrogens is 2. The second-order valence-electron chi connectivity index (χ2n) is 4.15. The van der Waals surface area contributed by atoms with Crippen LogP contribution in [0.1, 0.15) is 28.2 Å². The summed E-state index contributed by atoms with van der Waals surface area (Å²) in [4.78, 5) is 20.3. The monoisotopic (exact) mass is 276 g/mol. The maximum atomic E-state index is 12.1.